The average molecular weight is 339 g/mol. The molecule has 3 aliphatic rings. The highest BCUT2D eigenvalue weighted by molar-refractivity contribution is 5.77. The van der Waals surface area contributed by atoms with Crippen LogP contribution < -0.4 is 5.73 Å². The number of nitrogens with zero attached hydrogens (tertiary/aromatic N) is 1. The molecular weight excluding hydrogens is 319 g/mol. The van der Waals surface area contributed by atoms with Gasteiger partial charge in [-0.25, -0.2) is 13.2 Å². The molecule has 0 amide bonds. The summed E-state index contributed by atoms with van der Waals surface area (Å²) in [5.41, 5.74) is 6.14. The van der Waals surface area contributed by atoms with Crippen molar-refractivity contribution in [1.82, 2.24) is 4.90 Å². The van der Waals surface area contributed by atoms with Crippen LogP contribution in [0.25, 0.3) is 0 Å². The average Bonchev–Trinajstić information content (AvgIpc) is 3.22. The van der Waals surface area contributed by atoms with Crippen LogP contribution in [0.5, 0.6) is 0 Å². The van der Waals surface area contributed by atoms with Crippen LogP contribution in [-0.2, 0) is 0 Å². The summed E-state index contributed by atoms with van der Waals surface area (Å²) in [7, 11) is 0. The second kappa shape index (κ2) is 6.57. The van der Waals surface area contributed by atoms with Crippen LogP contribution in [0, 0.1) is 11.3 Å². The van der Waals surface area contributed by atoms with Crippen molar-refractivity contribution in [3.05, 3.63) is 47.9 Å². The fourth-order valence-corrected chi connectivity index (χ4v) is 3.49. The summed E-state index contributed by atoms with van der Waals surface area (Å²) < 4.78 is 40.7. The summed E-state index contributed by atoms with van der Waals surface area (Å²) in [6.45, 7) is 0. The molecule has 0 spiro atoms. The Bertz CT molecular complexity index is 643. The molecule has 4 N–H and O–H groups in total. The summed E-state index contributed by atoms with van der Waals surface area (Å²) in [4.78, 5) is 1.65. The van der Waals surface area contributed by atoms with Crippen molar-refractivity contribution in [2.75, 3.05) is 0 Å². The second-order valence-corrected chi connectivity index (χ2v) is 6.34. The Morgan fingerprint density at radius 3 is 2.71 bits per heavy atom. The van der Waals surface area contributed by atoms with E-state index in [2.05, 4.69) is 0 Å². The topological polar surface area (TPSA) is 73.1 Å². The van der Waals surface area contributed by atoms with E-state index in [9.17, 15) is 18.3 Å². The molecule has 7 heteroatoms. The number of hydrogen-bond donors (Lipinski definition) is 3. The normalized spacial score (nSPS) is 39.2. The summed E-state index contributed by atoms with van der Waals surface area (Å²) in [5, 5.41) is 17.6. The molecule has 0 aromatic carbocycles. The number of nitrogens with one attached hydrogen (secondary N) is 1. The fourth-order valence-electron chi connectivity index (χ4n) is 3.49. The van der Waals surface area contributed by atoms with E-state index in [1.54, 1.807) is 17.1 Å². The van der Waals surface area contributed by atoms with Crippen molar-refractivity contribution < 1.29 is 18.3 Å². The predicted molar refractivity (Wildman–Crippen MR) is 85.4 cm³/mol. The number of rotatable bonds is 5. The fraction of sp³-hybridized carbons (Fsp3) is 0.471. The summed E-state index contributed by atoms with van der Waals surface area (Å²) in [6.07, 6.45) is 5.00. The lowest BCUT2D eigenvalue weighted by molar-refractivity contribution is 0.0674. The number of alkyl halides is 2. The van der Waals surface area contributed by atoms with Crippen LogP contribution in [0.3, 0.4) is 0 Å². The van der Waals surface area contributed by atoms with E-state index >= 15 is 0 Å². The third kappa shape index (κ3) is 3.32. The lowest BCUT2D eigenvalue weighted by Gasteiger charge is -2.19. The zero-order valence-corrected chi connectivity index (χ0v) is 12.9. The molecule has 7 atom stereocenters. The molecule has 0 aromatic heterocycles. The largest absolute Gasteiger partial charge is 0.388 e. The van der Waals surface area contributed by atoms with Crippen molar-refractivity contribution >= 4 is 5.84 Å². The smallest absolute Gasteiger partial charge is 0.129 e. The standard InChI is InChI=1S/C17H20F3N3O/c18-10-3-1-9(2-4-10)16-17(23(16)15(24)8-14(21)22)12-6-5-11(19)7-13(12)20/h1-3,5-7,10,12-13,15-17,24H,4,8H2,(H3,21,22). The third-order valence-electron chi connectivity index (χ3n) is 4.62. The quantitative estimate of drug-likeness (QED) is 0.409. The van der Waals surface area contributed by atoms with Gasteiger partial charge in [0.1, 0.15) is 24.4 Å². The van der Waals surface area contributed by atoms with Gasteiger partial charge in [0.15, 0.2) is 0 Å². The van der Waals surface area contributed by atoms with Gasteiger partial charge in [0.05, 0.1) is 11.9 Å². The number of allylic oxidation sites excluding steroid dienone is 5. The van der Waals surface area contributed by atoms with E-state index in [-0.39, 0.29) is 30.8 Å². The molecular formula is C17H20F3N3O. The molecule has 1 fully saturated rings. The van der Waals surface area contributed by atoms with E-state index in [4.69, 9.17) is 11.1 Å². The van der Waals surface area contributed by atoms with Crippen molar-refractivity contribution in [1.29, 1.82) is 5.41 Å². The molecule has 24 heavy (non-hydrogen) atoms. The number of halogens is 3. The lowest BCUT2D eigenvalue weighted by Crippen LogP contribution is -2.30. The van der Waals surface area contributed by atoms with Crippen LogP contribution in [0.15, 0.2) is 47.9 Å². The number of amidine groups is 1. The Labute approximate surface area is 138 Å². The monoisotopic (exact) mass is 339 g/mol. The predicted octanol–water partition coefficient (Wildman–Crippen LogP) is 2.29. The van der Waals surface area contributed by atoms with Crippen molar-refractivity contribution in [3.63, 3.8) is 0 Å². The highest BCUT2D eigenvalue weighted by atomic mass is 19.1. The van der Waals surface area contributed by atoms with Crippen LogP contribution in [0.1, 0.15) is 12.8 Å². The minimum atomic E-state index is -1.50. The summed E-state index contributed by atoms with van der Waals surface area (Å²) in [6, 6.07) is -0.687. The molecule has 1 aliphatic heterocycles. The van der Waals surface area contributed by atoms with Gasteiger partial charge in [-0.15, -0.1) is 0 Å². The van der Waals surface area contributed by atoms with Gasteiger partial charge in [0.25, 0.3) is 0 Å². The number of aliphatic hydroxyl groups is 1. The zero-order valence-electron chi connectivity index (χ0n) is 12.9. The van der Waals surface area contributed by atoms with E-state index in [1.165, 1.54) is 18.2 Å². The van der Waals surface area contributed by atoms with E-state index in [0.717, 1.165) is 11.6 Å². The van der Waals surface area contributed by atoms with Crippen molar-refractivity contribution in [3.8, 4) is 0 Å². The summed E-state index contributed by atoms with van der Waals surface area (Å²) in [5.74, 6) is -1.41. The molecule has 1 heterocycles. The van der Waals surface area contributed by atoms with Gasteiger partial charge in [-0.2, -0.15) is 0 Å². The first-order valence-electron chi connectivity index (χ1n) is 7.89. The van der Waals surface area contributed by atoms with Gasteiger partial charge in [-0.05, 0) is 17.7 Å². The molecule has 0 saturated carbocycles. The van der Waals surface area contributed by atoms with Crippen LogP contribution in [-0.4, -0.2) is 46.5 Å². The Morgan fingerprint density at radius 2 is 2.12 bits per heavy atom. The Balaban J connectivity index is 1.81. The number of aliphatic hydroxyl groups excluding tert-OH is 1. The highest BCUT2D eigenvalue weighted by Gasteiger charge is 2.57. The molecule has 4 nitrogen and oxygen atoms in total. The first-order valence-corrected chi connectivity index (χ1v) is 7.89. The molecule has 2 aliphatic carbocycles. The highest BCUT2D eigenvalue weighted by Crippen LogP contribution is 2.46. The molecule has 130 valence electrons. The van der Waals surface area contributed by atoms with Crippen LogP contribution >= 0.6 is 0 Å². The van der Waals surface area contributed by atoms with Gasteiger partial charge in [-0.3, -0.25) is 10.3 Å². The van der Waals surface area contributed by atoms with Gasteiger partial charge < -0.3 is 10.8 Å². The van der Waals surface area contributed by atoms with E-state index in [0.29, 0.717) is 0 Å². The van der Waals surface area contributed by atoms with Crippen molar-refractivity contribution in [2.45, 2.75) is 43.5 Å². The van der Waals surface area contributed by atoms with Gasteiger partial charge in [0, 0.05) is 24.8 Å². The number of nitrogens with two attached hydrogens (primary N) is 1. The molecule has 0 radical (unpaired) electrons. The van der Waals surface area contributed by atoms with Gasteiger partial charge >= 0.3 is 0 Å². The maximum Gasteiger partial charge on any atom is 0.129 e. The first kappa shape index (κ1) is 17.0. The number of hydrogen-bond acceptors (Lipinski definition) is 3. The second-order valence-electron chi connectivity index (χ2n) is 6.34. The maximum atomic E-state index is 14.3. The molecule has 3 rings (SSSR count). The van der Waals surface area contributed by atoms with E-state index in [1.807, 2.05) is 0 Å². The zero-order chi connectivity index (χ0) is 17.4. The Kier molecular flexibility index (Phi) is 4.64. The minimum absolute atomic E-state index is 0.0622. The van der Waals surface area contributed by atoms with Crippen LogP contribution in [0.4, 0.5) is 13.2 Å². The SMILES string of the molecule is N=C(N)CC(O)N1C(C2=CCC(F)C=C2)C1C1C=CC(F)=CC1F. The third-order valence-corrected chi connectivity index (χ3v) is 4.62. The molecule has 7 unspecified atom stereocenters. The molecule has 1 saturated heterocycles. The van der Waals surface area contributed by atoms with E-state index < -0.39 is 30.3 Å². The Morgan fingerprint density at radius 1 is 1.38 bits per heavy atom. The summed E-state index contributed by atoms with van der Waals surface area (Å²) >= 11 is 0. The van der Waals surface area contributed by atoms with Crippen LogP contribution in [0.2, 0.25) is 0 Å². The molecule has 0 bridgehead atoms. The maximum absolute atomic E-state index is 14.3. The lowest BCUT2D eigenvalue weighted by atomic mass is 9.90. The minimum Gasteiger partial charge on any atom is -0.388 e. The van der Waals surface area contributed by atoms with Crippen molar-refractivity contribution in [2.24, 2.45) is 11.7 Å². The first-order chi connectivity index (χ1) is 11.4. The Hall–Kier alpha value is -1.86. The van der Waals surface area contributed by atoms with Gasteiger partial charge in [0.2, 0.25) is 0 Å². The van der Waals surface area contributed by atoms with Gasteiger partial charge in [-0.1, -0.05) is 24.3 Å². The molecule has 0 aromatic rings.